The summed E-state index contributed by atoms with van der Waals surface area (Å²) in [6, 6.07) is 5.04. The van der Waals surface area contributed by atoms with Crippen molar-refractivity contribution in [3.05, 3.63) is 40.8 Å². The normalized spacial score (nSPS) is 12.5. The Morgan fingerprint density at radius 3 is 2.36 bits per heavy atom. The van der Waals surface area contributed by atoms with Crippen LogP contribution in [0.4, 0.5) is 19.0 Å². The third-order valence-corrected chi connectivity index (χ3v) is 3.09. The molecule has 0 radical (unpaired) electrons. The van der Waals surface area contributed by atoms with Crippen LogP contribution >= 0.6 is 0 Å². The summed E-state index contributed by atoms with van der Waals surface area (Å²) in [5.74, 6) is -0.0218. The number of aromatic nitrogens is 3. The van der Waals surface area contributed by atoms with Crippen LogP contribution in [0.5, 0.6) is 0 Å². The van der Waals surface area contributed by atoms with Crippen molar-refractivity contribution < 1.29 is 13.2 Å². The largest absolute Gasteiger partial charge is 0.433 e. The molecule has 2 aromatic heterocycles. The van der Waals surface area contributed by atoms with Crippen LogP contribution in [0, 0.1) is 22.7 Å². The van der Waals surface area contributed by atoms with Gasteiger partial charge in [-0.3, -0.25) is 4.98 Å². The lowest BCUT2D eigenvalue weighted by atomic mass is 10.1. The van der Waals surface area contributed by atoms with Gasteiger partial charge in [0, 0.05) is 6.20 Å². The number of hydrogen-bond acceptors (Lipinski definition) is 5. The Bertz CT molecular complexity index is 776. The predicted molar refractivity (Wildman–Crippen MR) is 69.1 cm³/mol. The van der Waals surface area contributed by atoms with Gasteiger partial charge in [0.25, 0.3) is 0 Å². The van der Waals surface area contributed by atoms with Gasteiger partial charge < -0.3 is 5.73 Å². The summed E-state index contributed by atoms with van der Waals surface area (Å²) in [4.78, 5) is 3.36. The summed E-state index contributed by atoms with van der Waals surface area (Å²) in [6.07, 6.45) is -3.46. The van der Waals surface area contributed by atoms with E-state index in [-0.39, 0.29) is 17.1 Å². The van der Waals surface area contributed by atoms with Gasteiger partial charge in [-0.15, -0.1) is 0 Å². The van der Waals surface area contributed by atoms with Crippen molar-refractivity contribution in [1.82, 2.24) is 14.8 Å². The summed E-state index contributed by atoms with van der Waals surface area (Å²) in [5.41, 5.74) is 4.97. The highest BCUT2D eigenvalue weighted by atomic mass is 19.4. The molecule has 6 nitrogen and oxygen atoms in total. The number of nitriles is 2. The number of hydrogen-bond donors (Lipinski definition) is 1. The average molecular weight is 306 g/mol. The number of nitrogen functional groups attached to an aromatic ring is 1. The van der Waals surface area contributed by atoms with Crippen molar-refractivity contribution >= 4 is 5.82 Å². The van der Waals surface area contributed by atoms with Crippen LogP contribution in [-0.4, -0.2) is 14.8 Å². The van der Waals surface area contributed by atoms with E-state index in [0.717, 1.165) is 12.3 Å². The van der Waals surface area contributed by atoms with Gasteiger partial charge in [0.05, 0.1) is 6.04 Å². The maximum Gasteiger partial charge on any atom is 0.433 e. The van der Waals surface area contributed by atoms with E-state index >= 15 is 0 Å². The molecule has 9 heteroatoms. The molecule has 112 valence electrons. The molecule has 0 amide bonds. The molecule has 2 heterocycles. The van der Waals surface area contributed by atoms with E-state index in [9.17, 15) is 13.2 Å². The van der Waals surface area contributed by atoms with Gasteiger partial charge >= 0.3 is 6.18 Å². The van der Waals surface area contributed by atoms with Crippen LogP contribution in [0.25, 0.3) is 0 Å². The zero-order valence-electron chi connectivity index (χ0n) is 11.3. The van der Waals surface area contributed by atoms with E-state index in [4.69, 9.17) is 16.3 Å². The smallest absolute Gasteiger partial charge is 0.383 e. The molecule has 22 heavy (non-hydrogen) atoms. The Hall–Kier alpha value is -3.07. The molecule has 2 N–H and O–H groups in total. The monoisotopic (exact) mass is 306 g/mol. The lowest BCUT2D eigenvalue weighted by Crippen LogP contribution is -2.13. The molecule has 2 rings (SSSR count). The number of nitrogens with zero attached hydrogens (tertiary/aromatic N) is 5. The third kappa shape index (κ3) is 2.56. The molecule has 0 bridgehead atoms. The first-order chi connectivity index (χ1) is 10.3. The maximum absolute atomic E-state index is 12.5. The number of anilines is 1. The summed E-state index contributed by atoms with van der Waals surface area (Å²) in [7, 11) is 0. The average Bonchev–Trinajstić information content (AvgIpc) is 2.81. The Balaban J connectivity index is 2.41. The van der Waals surface area contributed by atoms with Gasteiger partial charge in [0.2, 0.25) is 0 Å². The number of nitrogens with two attached hydrogens (primary N) is 1. The standard InChI is InChI=1S/C13H9F3N6/c1-7(8-2-3-11(20-6-8)13(14,15)16)22-12(19)9(4-17)10(5-18)21-22/h2-3,6-7H,19H2,1H3/t7-/m0/s1. The van der Waals surface area contributed by atoms with E-state index in [0.29, 0.717) is 5.56 Å². The van der Waals surface area contributed by atoms with E-state index in [2.05, 4.69) is 10.1 Å². The van der Waals surface area contributed by atoms with Gasteiger partial charge in [-0.05, 0) is 18.6 Å². The summed E-state index contributed by atoms with van der Waals surface area (Å²) >= 11 is 0. The highest BCUT2D eigenvalue weighted by Crippen LogP contribution is 2.29. The zero-order valence-corrected chi connectivity index (χ0v) is 11.3. The molecule has 2 aromatic rings. The fraction of sp³-hybridized carbons (Fsp3) is 0.231. The quantitative estimate of drug-likeness (QED) is 0.916. The first kappa shape index (κ1) is 15.3. The fourth-order valence-electron chi connectivity index (χ4n) is 1.89. The van der Waals surface area contributed by atoms with Crippen molar-refractivity contribution in [3.63, 3.8) is 0 Å². The molecule has 0 saturated heterocycles. The van der Waals surface area contributed by atoms with Crippen LogP contribution in [-0.2, 0) is 6.18 Å². The van der Waals surface area contributed by atoms with Gasteiger partial charge in [-0.25, -0.2) is 4.68 Å². The first-order valence-corrected chi connectivity index (χ1v) is 6.01. The SMILES string of the molecule is C[C@@H](c1ccc(C(F)(F)F)nc1)n1nc(C#N)c(C#N)c1N. The molecule has 0 unspecified atom stereocenters. The van der Waals surface area contributed by atoms with E-state index in [1.807, 2.05) is 0 Å². The van der Waals surface area contributed by atoms with Crippen molar-refractivity contribution in [2.45, 2.75) is 19.1 Å². The molecule has 0 aromatic carbocycles. The fourth-order valence-corrected chi connectivity index (χ4v) is 1.89. The third-order valence-electron chi connectivity index (χ3n) is 3.09. The van der Waals surface area contributed by atoms with Crippen molar-refractivity contribution in [2.75, 3.05) is 5.73 Å². The molecule has 0 aliphatic rings. The number of rotatable bonds is 2. The minimum absolute atomic E-state index is 0.0218. The molecule has 0 aliphatic carbocycles. The number of halogens is 3. The molecule has 0 spiro atoms. The number of pyridine rings is 1. The predicted octanol–water partition coefficient (Wildman–Crippen LogP) is 2.23. The summed E-state index contributed by atoms with van der Waals surface area (Å²) in [6.45, 7) is 1.62. The summed E-state index contributed by atoms with van der Waals surface area (Å²) < 4.78 is 38.7. The minimum atomic E-state index is -4.52. The van der Waals surface area contributed by atoms with Crippen LogP contribution in [0.3, 0.4) is 0 Å². The maximum atomic E-state index is 12.5. The highest BCUT2D eigenvalue weighted by Gasteiger charge is 2.32. The second-order valence-electron chi connectivity index (χ2n) is 4.43. The van der Waals surface area contributed by atoms with E-state index in [1.165, 1.54) is 10.7 Å². The Morgan fingerprint density at radius 2 is 1.95 bits per heavy atom. The second-order valence-corrected chi connectivity index (χ2v) is 4.43. The molecular formula is C13H9F3N6. The van der Waals surface area contributed by atoms with Crippen LogP contribution < -0.4 is 5.73 Å². The van der Waals surface area contributed by atoms with Crippen LogP contribution in [0.1, 0.15) is 35.5 Å². The van der Waals surface area contributed by atoms with Crippen molar-refractivity contribution in [1.29, 1.82) is 10.5 Å². The van der Waals surface area contributed by atoms with Crippen molar-refractivity contribution in [3.8, 4) is 12.1 Å². The first-order valence-electron chi connectivity index (χ1n) is 6.01. The Labute approximate surface area is 123 Å². The zero-order chi connectivity index (χ0) is 16.5. The van der Waals surface area contributed by atoms with Crippen LogP contribution in [0.15, 0.2) is 18.3 Å². The number of alkyl halides is 3. The van der Waals surface area contributed by atoms with Crippen LogP contribution in [0.2, 0.25) is 0 Å². The Kier molecular flexibility index (Phi) is 3.74. The van der Waals surface area contributed by atoms with Gasteiger partial charge in [0.15, 0.2) is 5.69 Å². The van der Waals surface area contributed by atoms with E-state index in [1.54, 1.807) is 19.1 Å². The lowest BCUT2D eigenvalue weighted by Gasteiger charge is -2.14. The van der Waals surface area contributed by atoms with Gasteiger partial charge in [-0.2, -0.15) is 28.8 Å². The van der Waals surface area contributed by atoms with E-state index < -0.39 is 17.9 Å². The molecule has 0 saturated carbocycles. The van der Waals surface area contributed by atoms with Gasteiger partial charge in [-0.1, -0.05) is 6.07 Å². The second kappa shape index (κ2) is 5.37. The highest BCUT2D eigenvalue weighted by molar-refractivity contribution is 5.56. The minimum Gasteiger partial charge on any atom is -0.383 e. The topological polar surface area (TPSA) is 104 Å². The van der Waals surface area contributed by atoms with Gasteiger partial charge in [0.1, 0.15) is 29.2 Å². The molecule has 1 atom stereocenters. The Morgan fingerprint density at radius 1 is 1.27 bits per heavy atom. The summed E-state index contributed by atoms with van der Waals surface area (Å²) in [5, 5.41) is 21.8. The molecule has 0 fully saturated rings. The molecule has 0 aliphatic heterocycles. The van der Waals surface area contributed by atoms with Crippen molar-refractivity contribution in [2.24, 2.45) is 0 Å². The molecular weight excluding hydrogens is 297 g/mol. The lowest BCUT2D eigenvalue weighted by molar-refractivity contribution is -0.141.